The van der Waals surface area contributed by atoms with Crippen molar-refractivity contribution >= 4 is 40.9 Å². The van der Waals surface area contributed by atoms with E-state index >= 15 is 0 Å². The molecule has 0 radical (unpaired) electrons. The highest BCUT2D eigenvalue weighted by molar-refractivity contribution is 8.00. The highest BCUT2D eigenvalue weighted by Crippen LogP contribution is 2.40. The number of methoxy groups -OCH3 is 1. The van der Waals surface area contributed by atoms with Crippen molar-refractivity contribution in [2.75, 3.05) is 12.4 Å². The summed E-state index contributed by atoms with van der Waals surface area (Å²) in [4.78, 5) is 3.79. The zero-order valence-electron chi connectivity index (χ0n) is 15.9. The van der Waals surface area contributed by atoms with Gasteiger partial charge >= 0.3 is 11.7 Å². The van der Waals surface area contributed by atoms with Gasteiger partial charge in [0.05, 0.1) is 15.6 Å². The van der Waals surface area contributed by atoms with Crippen LogP contribution < -0.4 is 5.32 Å². The molecule has 0 bridgehead atoms. The van der Waals surface area contributed by atoms with Crippen LogP contribution in [-0.2, 0) is 10.9 Å². The molecule has 0 fully saturated rings. The zero-order valence-corrected chi connectivity index (χ0v) is 18.2. The van der Waals surface area contributed by atoms with E-state index in [0.717, 1.165) is 4.68 Å². The molecule has 0 spiro atoms. The van der Waals surface area contributed by atoms with Crippen LogP contribution >= 0.6 is 35.0 Å². The smallest absolute Gasteiger partial charge is 0.361 e. The molecular formula is C16H16Cl2F6N4OS. The van der Waals surface area contributed by atoms with Crippen LogP contribution in [0.4, 0.5) is 32.3 Å². The Morgan fingerprint density at radius 2 is 1.60 bits per heavy atom. The van der Waals surface area contributed by atoms with Crippen LogP contribution in [0.2, 0.25) is 10.0 Å². The van der Waals surface area contributed by atoms with E-state index in [-0.39, 0.29) is 11.6 Å². The standard InChI is InChI=1S/C16H16Cl2F6N4OS/c1-14(2,3)11(29-4)25-12-26-13(30-16(22,23)24)27-28(12)10-8(17)5-7(6-9(10)18)15(19,20)21/h5-6,11H,1-4H3,(H,25,26,27). The van der Waals surface area contributed by atoms with Crippen molar-refractivity contribution in [1.82, 2.24) is 14.8 Å². The van der Waals surface area contributed by atoms with Crippen LogP contribution in [-0.4, -0.2) is 33.6 Å². The lowest BCUT2D eigenvalue weighted by Gasteiger charge is -2.30. The average molecular weight is 497 g/mol. The van der Waals surface area contributed by atoms with Gasteiger partial charge in [0.15, 0.2) is 0 Å². The molecule has 0 amide bonds. The molecule has 2 aromatic rings. The number of hydrogen-bond donors (Lipinski definition) is 1. The molecule has 1 aromatic heterocycles. The minimum absolute atomic E-state index is 0.243. The minimum atomic E-state index is -4.72. The molecule has 1 aromatic carbocycles. The Bertz CT molecular complexity index is 888. The van der Waals surface area contributed by atoms with Crippen molar-refractivity contribution in [1.29, 1.82) is 0 Å². The van der Waals surface area contributed by atoms with E-state index in [9.17, 15) is 26.3 Å². The molecule has 0 saturated heterocycles. The Kier molecular flexibility index (Phi) is 7.17. The van der Waals surface area contributed by atoms with Gasteiger partial charge in [-0.05, 0) is 12.1 Å². The summed E-state index contributed by atoms with van der Waals surface area (Å²) < 4.78 is 83.5. The molecule has 1 atom stereocenters. The summed E-state index contributed by atoms with van der Waals surface area (Å²) >= 11 is 11.4. The maximum absolute atomic E-state index is 13.0. The zero-order chi connectivity index (χ0) is 23.1. The SMILES string of the molecule is COC(Nc1nc(SC(F)(F)F)nn1-c1c(Cl)cc(C(F)(F)F)cc1Cl)C(C)(C)C. The maximum atomic E-state index is 13.0. The lowest BCUT2D eigenvalue weighted by atomic mass is 9.94. The van der Waals surface area contributed by atoms with E-state index < -0.39 is 55.9 Å². The first-order valence-electron chi connectivity index (χ1n) is 8.11. The summed E-state index contributed by atoms with van der Waals surface area (Å²) in [6.45, 7) is 5.37. The quantitative estimate of drug-likeness (QED) is 0.285. The van der Waals surface area contributed by atoms with Crippen molar-refractivity contribution in [2.24, 2.45) is 5.41 Å². The lowest BCUT2D eigenvalue weighted by molar-refractivity contribution is -0.137. The van der Waals surface area contributed by atoms with Crippen LogP contribution in [0.1, 0.15) is 26.3 Å². The van der Waals surface area contributed by atoms with Crippen LogP contribution in [0.3, 0.4) is 0 Å². The number of benzene rings is 1. The second kappa shape index (κ2) is 8.64. The molecular weight excluding hydrogens is 481 g/mol. The topological polar surface area (TPSA) is 52.0 Å². The number of rotatable bonds is 5. The lowest BCUT2D eigenvalue weighted by Crippen LogP contribution is -2.36. The number of ether oxygens (including phenoxy) is 1. The van der Waals surface area contributed by atoms with Gasteiger partial charge in [-0.2, -0.15) is 36.0 Å². The fraction of sp³-hybridized carbons (Fsp3) is 0.500. The van der Waals surface area contributed by atoms with E-state index in [1.54, 1.807) is 20.8 Å². The molecule has 1 unspecified atom stereocenters. The summed E-state index contributed by atoms with van der Waals surface area (Å²) in [5.41, 5.74) is -6.61. The molecule has 14 heteroatoms. The van der Waals surface area contributed by atoms with Crippen molar-refractivity contribution in [3.63, 3.8) is 0 Å². The molecule has 0 aliphatic heterocycles. The first-order chi connectivity index (χ1) is 13.5. The molecule has 168 valence electrons. The third kappa shape index (κ3) is 6.08. The van der Waals surface area contributed by atoms with Gasteiger partial charge in [0.2, 0.25) is 11.1 Å². The van der Waals surface area contributed by atoms with E-state index in [2.05, 4.69) is 15.4 Å². The van der Waals surface area contributed by atoms with Gasteiger partial charge in [0, 0.05) is 24.3 Å². The van der Waals surface area contributed by atoms with Gasteiger partial charge in [-0.1, -0.05) is 44.0 Å². The Morgan fingerprint density at radius 3 is 2.00 bits per heavy atom. The van der Waals surface area contributed by atoms with Gasteiger partial charge in [-0.15, -0.1) is 5.10 Å². The van der Waals surface area contributed by atoms with Crippen molar-refractivity contribution in [2.45, 2.75) is 43.8 Å². The second-order valence-electron chi connectivity index (χ2n) is 7.09. The Labute approximate surface area is 182 Å². The normalized spacial score (nSPS) is 14.1. The fourth-order valence-corrected chi connectivity index (χ4v) is 3.48. The van der Waals surface area contributed by atoms with Crippen LogP contribution in [0.25, 0.3) is 5.69 Å². The number of hydrogen-bond acceptors (Lipinski definition) is 5. The summed E-state index contributed by atoms with van der Waals surface area (Å²) in [5.74, 6) is -0.243. The van der Waals surface area contributed by atoms with E-state index in [1.165, 1.54) is 7.11 Å². The summed E-state index contributed by atoms with van der Waals surface area (Å²) in [7, 11) is 1.37. The molecule has 30 heavy (non-hydrogen) atoms. The van der Waals surface area contributed by atoms with E-state index in [4.69, 9.17) is 27.9 Å². The van der Waals surface area contributed by atoms with Crippen molar-refractivity contribution in [3.05, 3.63) is 27.7 Å². The van der Waals surface area contributed by atoms with Crippen molar-refractivity contribution in [3.8, 4) is 5.69 Å². The number of aromatic nitrogens is 3. The number of anilines is 1. The maximum Gasteiger partial charge on any atom is 0.449 e. The van der Waals surface area contributed by atoms with Gasteiger partial charge in [0.25, 0.3) is 0 Å². The van der Waals surface area contributed by atoms with Gasteiger partial charge < -0.3 is 10.1 Å². The molecule has 2 rings (SSSR count). The molecule has 1 N–H and O–H groups in total. The monoisotopic (exact) mass is 496 g/mol. The number of halogens is 8. The van der Waals surface area contributed by atoms with Crippen LogP contribution in [0, 0.1) is 5.41 Å². The Morgan fingerprint density at radius 1 is 1.07 bits per heavy atom. The summed E-state index contributed by atoms with van der Waals surface area (Å²) in [6, 6.07) is 1.20. The number of nitrogens with one attached hydrogen (secondary N) is 1. The average Bonchev–Trinajstić information content (AvgIpc) is 2.89. The largest absolute Gasteiger partial charge is 0.449 e. The number of nitrogens with zero attached hydrogens (tertiary/aromatic N) is 3. The first kappa shape index (κ1) is 24.9. The van der Waals surface area contributed by atoms with Crippen LogP contribution in [0.15, 0.2) is 17.3 Å². The molecule has 1 heterocycles. The minimum Gasteiger partial charge on any atom is -0.361 e. The predicted octanol–water partition coefficient (Wildman–Crippen LogP) is 6.64. The third-order valence-corrected chi connectivity index (χ3v) is 4.80. The molecule has 0 saturated carbocycles. The summed E-state index contributed by atoms with van der Waals surface area (Å²) in [5, 5.41) is 4.86. The van der Waals surface area contributed by atoms with Gasteiger partial charge in [-0.25, -0.2) is 0 Å². The second-order valence-corrected chi connectivity index (χ2v) is 8.94. The van der Waals surface area contributed by atoms with E-state index in [0.29, 0.717) is 12.1 Å². The van der Waals surface area contributed by atoms with Gasteiger partial charge in [0.1, 0.15) is 11.9 Å². The highest BCUT2D eigenvalue weighted by atomic mass is 35.5. The molecule has 5 nitrogen and oxygen atoms in total. The first-order valence-corrected chi connectivity index (χ1v) is 9.69. The Balaban J connectivity index is 2.63. The molecule has 0 aliphatic rings. The van der Waals surface area contributed by atoms with Crippen molar-refractivity contribution < 1.29 is 31.1 Å². The number of thioether (sulfide) groups is 1. The summed E-state index contributed by atoms with van der Waals surface area (Å²) in [6.07, 6.45) is -5.46. The molecule has 0 aliphatic carbocycles. The fourth-order valence-electron chi connectivity index (χ4n) is 2.37. The number of alkyl halides is 6. The van der Waals surface area contributed by atoms with E-state index in [1.807, 2.05) is 0 Å². The predicted molar refractivity (Wildman–Crippen MR) is 102 cm³/mol. The highest BCUT2D eigenvalue weighted by Gasteiger charge is 2.35. The Hall–Kier alpha value is -1.37. The van der Waals surface area contributed by atoms with Crippen LogP contribution in [0.5, 0.6) is 0 Å². The van der Waals surface area contributed by atoms with Gasteiger partial charge in [-0.3, -0.25) is 0 Å². The third-order valence-electron chi connectivity index (χ3n) is 3.63.